The topological polar surface area (TPSA) is 48.8 Å². The molecule has 0 atom stereocenters. The van der Waals surface area contributed by atoms with E-state index in [0.29, 0.717) is 11.7 Å². The van der Waals surface area contributed by atoms with E-state index in [1.165, 1.54) is 17.3 Å². The average molecular weight is 495 g/mol. The van der Waals surface area contributed by atoms with Gasteiger partial charge in [-0.25, -0.2) is 4.99 Å². The van der Waals surface area contributed by atoms with Gasteiger partial charge in [-0.1, -0.05) is 60.3 Å². The summed E-state index contributed by atoms with van der Waals surface area (Å²) in [6.07, 6.45) is 2.55. The Bertz CT molecular complexity index is 1500. The lowest BCUT2D eigenvalue weighted by molar-refractivity contribution is -0.122. The number of benzene rings is 3. The smallest absolute Gasteiger partial charge is 0.269 e. The molecule has 35 heavy (non-hydrogen) atoms. The SMILES string of the molecule is CN1C(=C2SC(=Nc3ccc4ncccc4c3)N(CCc3ccccc3)C2=O)Sc2ccccc21. The van der Waals surface area contributed by atoms with Crippen LogP contribution in [0.5, 0.6) is 0 Å². The Kier molecular flexibility index (Phi) is 5.80. The van der Waals surface area contributed by atoms with E-state index in [4.69, 9.17) is 4.99 Å². The molecule has 1 fully saturated rings. The van der Waals surface area contributed by atoms with Gasteiger partial charge in [-0.15, -0.1) is 0 Å². The van der Waals surface area contributed by atoms with Crippen molar-refractivity contribution in [3.63, 3.8) is 0 Å². The molecule has 7 heteroatoms. The summed E-state index contributed by atoms with van der Waals surface area (Å²) in [5.74, 6) is 0.00860. The zero-order valence-corrected chi connectivity index (χ0v) is 20.7. The Balaban J connectivity index is 1.38. The van der Waals surface area contributed by atoms with Crippen LogP contribution in [0.15, 0.2) is 111 Å². The van der Waals surface area contributed by atoms with Gasteiger partial charge in [0.25, 0.3) is 5.91 Å². The van der Waals surface area contributed by atoms with Gasteiger partial charge in [0.15, 0.2) is 5.17 Å². The number of amidine groups is 1. The van der Waals surface area contributed by atoms with Crippen LogP contribution in [0.25, 0.3) is 10.9 Å². The molecule has 0 saturated carbocycles. The minimum absolute atomic E-state index is 0.00860. The van der Waals surface area contributed by atoms with Crippen LogP contribution in [0.3, 0.4) is 0 Å². The van der Waals surface area contributed by atoms with Gasteiger partial charge in [0, 0.05) is 30.1 Å². The molecule has 0 bridgehead atoms. The van der Waals surface area contributed by atoms with E-state index in [1.807, 2.05) is 72.6 Å². The first-order valence-corrected chi connectivity index (χ1v) is 13.0. The number of anilines is 1. The van der Waals surface area contributed by atoms with E-state index in [0.717, 1.165) is 43.5 Å². The minimum Gasteiger partial charge on any atom is -0.337 e. The number of hydrogen-bond acceptors (Lipinski definition) is 6. The molecule has 0 unspecified atom stereocenters. The largest absolute Gasteiger partial charge is 0.337 e. The van der Waals surface area contributed by atoms with E-state index in [2.05, 4.69) is 34.1 Å². The second-order valence-corrected chi connectivity index (χ2v) is 10.3. The first kappa shape index (κ1) is 21.9. The predicted octanol–water partition coefficient (Wildman–Crippen LogP) is 6.45. The summed E-state index contributed by atoms with van der Waals surface area (Å²) >= 11 is 3.11. The number of pyridine rings is 1. The van der Waals surface area contributed by atoms with Crippen molar-refractivity contribution < 1.29 is 4.79 Å². The van der Waals surface area contributed by atoms with Crippen LogP contribution in [0.4, 0.5) is 11.4 Å². The highest BCUT2D eigenvalue weighted by Crippen LogP contribution is 2.50. The van der Waals surface area contributed by atoms with Crippen LogP contribution < -0.4 is 4.90 Å². The molecular weight excluding hydrogens is 472 g/mol. The van der Waals surface area contributed by atoms with Gasteiger partial charge in [0.2, 0.25) is 0 Å². The average Bonchev–Trinajstić information content (AvgIpc) is 3.39. The van der Waals surface area contributed by atoms with Crippen molar-refractivity contribution in [2.45, 2.75) is 11.3 Å². The Morgan fingerprint density at radius 2 is 1.74 bits per heavy atom. The van der Waals surface area contributed by atoms with E-state index in [-0.39, 0.29) is 5.91 Å². The Hall–Kier alpha value is -3.55. The number of rotatable bonds is 4. The Morgan fingerprint density at radius 1 is 0.914 bits per heavy atom. The highest BCUT2D eigenvalue weighted by molar-refractivity contribution is 8.19. The summed E-state index contributed by atoms with van der Waals surface area (Å²) < 4.78 is 0. The molecule has 0 N–H and O–H groups in total. The van der Waals surface area contributed by atoms with Crippen molar-refractivity contribution in [1.29, 1.82) is 0 Å². The second kappa shape index (κ2) is 9.24. The lowest BCUT2D eigenvalue weighted by Gasteiger charge is -2.16. The highest BCUT2D eigenvalue weighted by atomic mass is 32.2. The lowest BCUT2D eigenvalue weighted by Crippen LogP contribution is -2.31. The summed E-state index contributed by atoms with van der Waals surface area (Å²) in [7, 11) is 2.02. The standard InChI is InChI=1S/C28H22N4OS2/c1-31-23-11-5-6-12-24(23)34-27(31)25-26(33)32(17-15-19-8-3-2-4-9-19)28(35-25)30-21-13-14-22-20(18-21)10-7-16-29-22/h2-14,16,18H,15,17H2,1H3. The first-order valence-electron chi connectivity index (χ1n) is 11.4. The fourth-order valence-corrected chi connectivity index (χ4v) is 6.61. The van der Waals surface area contributed by atoms with E-state index >= 15 is 0 Å². The van der Waals surface area contributed by atoms with Crippen LogP contribution in [-0.2, 0) is 11.2 Å². The maximum atomic E-state index is 13.7. The molecule has 172 valence electrons. The molecule has 0 spiro atoms. The zero-order chi connectivity index (χ0) is 23.8. The third-order valence-electron chi connectivity index (χ3n) is 6.07. The Labute approximate surface area is 212 Å². The van der Waals surface area contributed by atoms with E-state index in [1.54, 1.807) is 18.0 Å². The molecule has 3 heterocycles. The maximum absolute atomic E-state index is 13.7. The number of fused-ring (bicyclic) bond motifs is 2. The molecule has 6 rings (SSSR count). The van der Waals surface area contributed by atoms with Crippen molar-refractivity contribution in [3.8, 4) is 0 Å². The third-order valence-corrected chi connectivity index (χ3v) is 8.51. The zero-order valence-electron chi connectivity index (χ0n) is 19.1. The minimum atomic E-state index is 0.00860. The molecule has 2 aliphatic heterocycles. The molecule has 2 aliphatic rings. The van der Waals surface area contributed by atoms with E-state index < -0.39 is 0 Å². The van der Waals surface area contributed by atoms with Crippen molar-refractivity contribution in [2.75, 3.05) is 18.5 Å². The van der Waals surface area contributed by atoms with Crippen molar-refractivity contribution in [2.24, 2.45) is 4.99 Å². The molecule has 4 aromatic rings. The van der Waals surface area contributed by atoms with Crippen molar-refractivity contribution >= 4 is 56.9 Å². The summed E-state index contributed by atoms with van der Waals surface area (Å²) in [5.41, 5.74) is 4.06. The number of amides is 1. The van der Waals surface area contributed by atoms with Gasteiger partial charge >= 0.3 is 0 Å². The number of aromatic nitrogens is 1. The second-order valence-electron chi connectivity index (χ2n) is 8.33. The number of thioether (sulfide) groups is 2. The fourth-order valence-electron chi connectivity index (χ4n) is 4.24. The molecule has 5 nitrogen and oxygen atoms in total. The quantitative estimate of drug-likeness (QED) is 0.305. The summed E-state index contributed by atoms with van der Waals surface area (Å²) in [4.78, 5) is 28.9. The summed E-state index contributed by atoms with van der Waals surface area (Å²) in [6.45, 7) is 0.571. The predicted molar refractivity (Wildman–Crippen MR) is 146 cm³/mol. The number of aliphatic imine (C=N–C) groups is 1. The van der Waals surface area contributed by atoms with Crippen LogP contribution in [0, 0.1) is 0 Å². The number of hydrogen-bond donors (Lipinski definition) is 0. The molecule has 1 aromatic heterocycles. The highest BCUT2D eigenvalue weighted by Gasteiger charge is 2.38. The fraction of sp³-hybridized carbons (Fsp3) is 0.107. The van der Waals surface area contributed by atoms with Crippen LogP contribution in [-0.4, -0.2) is 34.6 Å². The van der Waals surface area contributed by atoms with Crippen molar-refractivity contribution in [1.82, 2.24) is 9.88 Å². The number of carbonyl (C=O) groups excluding carboxylic acids is 1. The van der Waals surface area contributed by atoms with Crippen LogP contribution >= 0.6 is 23.5 Å². The Morgan fingerprint density at radius 3 is 2.60 bits per heavy atom. The van der Waals surface area contributed by atoms with Gasteiger partial charge in [0.1, 0.15) is 4.91 Å². The van der Waals surface area contributed by atoms with Gasteiger partial charge in [-0.05, 0) is 60.1 Å². The monoisotopic (exact) mass is 494 g/mol. The van der Waals surface area contributed by atoms with Gasteiger partial charge in [-0.3, -0.25) is 14.7 Å². The molecule has 0 radical (unpaired) electrons. The van der Waals surface area contributed by atoms with Crippen LogP contribution in [0.2, 0.25) is 0 Å². The molecule has 0 aliphatic carbocycles. The molecular formula is C28H22N4OS2. The molecule has 1 saturated heterocycles. The third kappa shape index (κ3) is 4.22. The lowest BCUT2D eigenvalue weighted by atomic mass is 10.1. The summed E-state index contributed by atoms with van der Waals surface area (Å²) in [5, 5.41) is 2.69. The van der Waals surface area contributed by atoms with Crippen LogP contribution in [0.1, 0.15) is 5.56 Å². The number of para-hydroxylation sites is 1. The molecule has 1 amide bonds. The maximum Gasteiger partial charge on any atom is 0.269 e. The van der Waals surface area contributed by atoms with E-state index in [9.17, 15) is 4.79 Å². The number of carbonyl (C=O) groups is 1. The summed E-state index contributed by atoms with van der Waals surface area (Å²) in [6, 6.07) is 28.4. The number of nitrogens with zero attached hydrogens (tertiary/aromatic N) is 4. The molecule has 3 aromatic carbocycles. The van der Waals surface area contributed by atoms with Gasteiger partial charge < -0.3 is 4.90 Å². The van der Waals surface area contributed by atoms with Gasteiger partial charge in [0.05, 0.1) is 21.9 Å². The van der Waals surface area contributed by atoms with Crippen molar-refractivity contribution in [3.05, 3.63) is 107 Å². The normalized spacial score (nSPS) is 18.7. The first-order chi connectivity index (χ1) is 17.2. The van der Waals surface area contributed by atoms with Gasteiger partial charge in [-0.2, -0.15) is 0 Å².